The van der Waals surface area contributed by atoms with Crippen LogP contribution in [0.25, 0.3) is 11.3 Å². The van der Waals surface area contributed by atoms with Crippen LogP contribution in [0.5, 0.6) is 5.75 Å². The van der Waals surface area contributed by atoms with Gasteiger partial charge in [0.15, 0.2) is 0 Å². The van der Waals surface area contributed by atoms with E-state index in [0.29, 0.717) is 32.0 Å². The molecular weight excluding hydrogens is 525 g/mol. The Morgan fingerprint density at radius 3 is 2.26 bits per heavy atom. The first-order valence-corrected chi connectivity index (χ1v) is 14.3. The Labute approximate surface area is 219 Å². The summed E-state index contributed by atoms with van der Waals surface area (Å²) in [5, 5.41) is 11.9. The van der Waals surface area contributed by atoms with Gasteiger partial charge in [-0.3, -0.25) is 4.68 Å². The molecule has 4 aliphatic rings. The third kappa shape index (κ3) is 5.03. The summed E-state index contributed by atoms with van der Waals surface area (Å²) in [5.74, 6) is -1.87. The van der Waals surface area contributed by atoms with Gasteiger partial charge in [0.05, 0.1) is 23.2 Å². The smallest absolute Gasteiger partial charge is 0.482 e. The van der Waals surface area contributed by atoms with Crippen molar-refractivity contribution in [2.75, 3.05) is 33.2 Å². The highest BCUT2D eigenvalue weighted by molar-refractivity contribution is 7.90. The number of piperidine rings is 2. The van der Waals surface area contributed by atoms with Gasteiger partial charge in [0, 0.05) is 37.1 Å². The van der Waals surface area contributed by atoms with E-state index in [0.717, 1.165) is 55.6 Å². The molecule has 6 rings (SSSR count). The maximum Gasteiger partial charge on any atom is 0.490 e. The van der Waals surface area contributed by atoms with Gasteiger partial charge in [-0.1, -0.05) is 12.1 Å². The molecule has 0 unspecified atom stereocenters. The maximum absolute atomic E-state index is 12.8. The van der Waals surface area contributed by atoms with E-state index < -0.39 is 27.8 Å². The van der Waals surface area contributed by atoms with Crippen molar-refractivity contribution < 1.29 is 36.2 Å². The number of aliphatic carboxylic acids is 1. The lowest BCUT2D eigenvalue weighted by molar-refractivity contribution is -0.192. The Kier molecular flexibility index (Phi) is 6.97. The predicted molar refractivity (Wildman–Crippen MR) is 132 cm³/mol. The Balaban J connectivity index is 0.000000374. The molecule has 1 saturated carbocycles. The summed E-state index contributed by atoms with van der Waals surface area (Å²) in [6, 6.07) is 8.63. The van der Waals surface area contributed by atoms with Crippen molar-refractivity contribution in [3.05, 3.63) is 36.0 Å². The van der Waals surface area contributed by atoms with Crippen LogP contribution in [-0.4, -0.2) is 83.1 Å². The highest BCUT2D eigenvalue weighted by Crippen LogP contribution is 2.51. The van der Waals surface area contributed by atoms with E-state index in [1.165, 1.54) is 5.69 Å². The first-order chi connectivity index (χ1) is 17.9. The lowest BCUT2D eigenvalue weighted by Crippen LogP contribution is -2.49. The van der Waals surface area contributed by atoms with Gasteiger partial charge >= 0.3 is 12.1 Å². The van der Waals surface area contributed by atoms with E-state index in [2.05, 4.69) is 28.8 Å². The number of ether oxygens (including phenoxy) is 1. The van der Waals surface area contributed by atoms with E-state index in [1.807, 2.05) is 18.3 Å². The van der Waals surface area contributed by atoms with E-state index in [9.17, 15) is 21.6 Å². The number of halogens is 3. The standard InChI is InChI=1S/C23H30N4O3S.C2HF3O2/c1-25-12-8-17(9-13-25)27-22-19-4-2-3-5-21(19)30-23(20(22)16-24-27)10-14-26(15-11-23)31(28,29)18-6-7-18;3-2(4,5)1(6)7/h2-5,16-18H,6-15H2,1H3;(H,6,7). The van der Waals surface area contributed by atoms with Crippen molar-refractivity contribution in [2.24, 2.45) is 0 Å². The number of para-hydroxylation sites is 1. The van der Waals surface area contributed by atoms with Crippen LogP contribution in [0.4, 0.5) is 13.2 Å². The molecule has 208 valence electrons. The lowest BCUT2D eigenvalue weighted by atomic mass is 9.81. The highest BCUT2D eigenvalue weighted by atomic mass is 32.2. The summed E-state index contributed by atoms with van der Waals surface area (Å²) in [5.41, 5.74) is 2.92. The fourth-order valence-corrected chi connectivity index (χ4v) is 7.39. The van der Waals surface area contributed by atoms with Crippen LogP contribution in [0, 0.1) is 0 Å². The lowest BCUT2D eigenvalue weighted by Gasteiger charge is -2.44. The summed E-state index contributed by atoms with van der Waals surface area (Å²) in [4.78, 5) is 11.3. The highest BCUT2D eigenvalue weighted by Gasteiger charge is 2.49. The van der Waals surface area contributed by atoms with Crippen molar-refractivity contribution in [1.82, 2.24) is 19.0 Å². The molecular formula is C25H31F3N4O5S. The normalized spacial score (nSPS) is 22.1. The molecule has 4 heterocycles. The van der Waals surface area contributed by atoms with Crippen LogP contribution >= 0.6 is 0 Å². The molecule has 0 atom stereocenters. The number of hydrogen-bond donors (Lipinski definition) is 1. The molecule has 38 heavy (non-hydrogen) atoms. The molecule has 1 N–H and O–H groups in total. The van der Waals surface area contributed by atoms with Crippen LogP contribution in [0.2, 0.25) is 0 Å². The molecule has 1 aliphatic carbocycles. The summed E-state index contributed by atoms with van der Waals surface area (Å²) < 4.78 is 67.9. The molecule has 1 aromatic heterocycles. The molecule has 9 nitrogen and oxygen atoms in total. The van der Waals surface area contributed by atoms with Crippen LogP contribution in [0.3, 0.4) is 0 Å². The minimum Gasteiger partial charge on any atom is -0.482 e. The number of carbonyl (C=O) groups is 1. The van der Waals surface area contributed by atoms with Crippen molar-refractivity contribution in [1.29, 1.82) is 0 Å². The molecule has 0 amide bonds. The van der Waals surface area contributed by atoms with Crippen LogP contribution in [0.15, 0.2) is 30.5 Å². The number of sulfonamides is 1. The first kappa shape index (κ1) is 26.9. The topological polar surface area (TPSA) is 105 Å². The molecule has 2 aromatic rings. The van der Waals surface area contributed by atoms with Crippen molar-refractivity contribution >= 4 is 16.0 Å². The van der Waals surface area contributed by atoms with Crippen molar-refractivity contribution in [2.45, 2.75) is 61.6 Å². The summed E-state index contributed by atoms with van der Waals surface area (Å²) >= 11 is 0. The molecule has 2 saturated heterocycles. The van der Waals surface area contributed by atoms with Gasteiger partial charge in [-0.2, -0.15) is 18.3 Å². The SMILES string of the molecule is CN1CCC(n2ncc3c2-c2ccccc2OC32CCN(S(=O)(=O)C3CC3)CC2)CC1.O=C(O)C(F)(F)F. The van der Waals surface area contributed by atoms with Crippen molar-refractivity contribution in [3.63, 3.8) is 0 Å². The summed E-state index contributed by atoms with van der Waals surface area (Å²) in [7, 11) is -0.970. The molecule has 1 spiro atoms. The van der Waals surface area contributed by atoms with Crippen LogP contribution in [-0.2, 0) is 20.4 Å². The average Bonchev–Trinajstić information content (AvgIpc) is 3.64. The second-order valence-corrected chi connectivity index (χ2v) is 12.6. The van der Waals surface area contributed by atoms with Crippen LogP contribution in [0.1, 0.15) is 50.1 Å². The minimum absolute atomic E-state index is 0.155. The average molecular weight is 557 g/mol. The number of rotatable bonds is 3. The number of aromatic nitrogens is 2. The fourth-order valence-electron chi connectivity index (χ4n) is 5.55. The van der Waals surface area contributed by atoms with Gasteiger partial charge in [-0.15, -0.1) is 0 Å². The zero-order valence-electron chi connectivity index (χ0n) is 21.0. The Bertz CT molecular complexity index is 1290. The first-order valence-electron chi connectivity index (χ1n) is 12.8. The van der Waals surface area contributed by atoms with Gasteiger partial charge < -0.3 is 14.7 Å². The number of hydrogen-bond acceptors (Lipinski definition) is 6. The van der Waals surface area contributed by atoms with E-state index in [-0.39, 0.29) is 5.25 Å². The third-order valence-electron chi connectivity index (χ3n) is 7.85. The Morgan fingerprint density at radius 2 is 1.68 bits per heavy atom. The molecule has 0 bridgehead atoms. The van der Waals surface area contributed by atoms with Gasteiger partial charge in [-0.25, -0.2) is 17.5 Å². The van der Waals surface area contributed by atoms with E-state index >= 15 is 0 Å². The summed E-state index contributed by atoms with van der Waals surface area (Å²) in [6.45, 7) is 3.19. The molecule has 0 radical (unpaired) electrons. The number of likely N-dealkylation sites (tertiary alicyclic amines) is 1. The summed E-state index contributed by atoms with van der Waals surface area (Å²) in [6.07, 6.45) is 2.04. The minimum atomic E-state index is -5.08. The number of alkyl halides is 3. The Morgan fingerprint density at radius 1 is 1.08 bits per heavy atom. The van der Waals surface area contributed by atoms with Crippen LogP contribution < -0.4 is 4.74 Å². The number of carboxylic acid groups (broad SMARTS) is 1. The largest absolute Gasteiger partial charge is 0.490 e. The van der Waals surface area contributed by atoms with E-state index in [4.69, 9.17) is 19.7 Å². The zero-order chi connectivity index (χ0) is 27.3. The molecule has 1 aromatic carbocycles. The quantitative estimate of drug-likeness (QED) is 0.616. The zero-order valence-corrected chi connectivity index (χ0v) is 21.8. The number of benzene rings is 1. The molecule has 3 fully saturated rings. The number of fused-ring (bicyclic) bond motifs is 4. The van der Waals surface area contributed by atoms with Crippen molar-refractivity contribution in [3.8, 4) is 17.0 Å². The van der Waals surface area contributed by atoms with Gasteiger partial charge in [-0.05, 0) is 58.0 Å². The molecule has 13 heteroatoms. The third-order valence-corrected chi connectivity index (χ3v) is 10.2. The maximum atomic E-state index is 12.8. The van der Waals surface area contributed by atoms with E-state index in [1.54, 1.807) is 4.31 Å². The second-order valence-electron chi connectivity index (χ2n) is 10.4. The predicted octanol–water partition coefficient (Wildman–Crippen LogP) is 3.63. The fraction of sp³-hybridized carbons (Fsp3) is 0.600. The van der Waals surface area contributed by atoms with Gasteiger partial charge in [0.2, 0.25) is 10.0 Å². The Hall–Kier alpha value is -2.64. The number of nitrogens with zero attached hydrogens (tertiary/aromatic N) is 4. The van der Waals surface area contributed by atoms with Gasteiger partial charge in [0.25, 0.3) is 0 Å². The molecule has 3 aliphatic heterocycles. The monoisotopic (exact) mass is 556 g/mol. The number of carboxylic acids is 1. The second kappa shape index (κ2) is 9.83. The van der Waals surface area contributed by atoms with Gasteiger partial charge in [0.1, 0.15) is 11.4 Å².